The maximum atomic E-state index is 12.6. The Morgan fingerprint density at radius 3 is 2.75 bits per heavy atom. The number of hydrogen-bond acceptors (Lipinski definition) is 3. The minimum Gasteiger partial charge on any atom is -0.376 e. The van der Waals surface area contributed by atoms with Gasteiger partial charge in [0.25, 0.3) is 5.91 Å². The molecule has 1 amide bonds. The molecule has 2 saturated heterocycles. The zero-order valence-corrected chi connectivity index (χ0v) is 12.8. The average Bonchev–Trinajstić information content (AvgIpc) is 2.97. The number of rotatable bonds is 2. The highest BCUT2D eigenvalue weighted by atomic mass is 79.9. The van der Waals surface area contributed by atoms with E-state index in [0.717, 1.165) is 23.9 Å². The van der Waals surface area contributed by atoms with E-state index in [1.165, 1.54) is 5.56 Å². The second-order valence-electron chi connectivity index (χ2n) is 5.18. The molecular formula is C15H18BrNO3. The Balaban J connectivity index is 1.74. The molecule has 0 radical (unpaired) electrons. The monoisotopic (exact) mass is 339 g/mol. The molecule has 0 spiro atoms. The van der Waals surface area contributed by atoms with E-state index in [4.69, 9.17) is 9.47 Å². The Kier molecular flexibility index (Phi) is 4.38. The first-order valence-electron chi connectivity index (χ1n) is 7.01. The maximum Gasteiger partial charge on any atom is 0.254 e. The molecule has 0 aromatic heterocycles. The van der Waals surface area contributed by atoms with E-state index in [1.807, 2.05) is 17.0 Å². The molecule has 0 unspecified atom stereocenters. The minimum absolute atomic E-state index is 0.0649. The Morgan fingerprint density at radius 2 is 2.05 bits per heavy atom. The van der Waals surface area contributed by atoms with Crippen molar-refractivity contribution in [2.24, 2.45) is 0 Å². The summed E-state index contributed by atoms with van der Waals surface area (Å²) in [7, 11) is 0. The fraction of sp³-hybridized carbons (Fsp3) is 0.533. The van der Waals surface area contributed by atoms with Gasteiger partial charge in [-0.1, -0.05) is 28.1 Å². The molecule has 0 N–H and O–H groups in total. The largest absolute Gasteiger partial charge is 0.376 e. The van der Waals surface area contributed by atoms with E-state index >= 15 is 0 Å². The van der Waals surface area contributed by atoms with Crippen LogP contribution in [0.25, 0.3) is 0 Å². The lowest BCUT2D eigenvalue weighted by atomic mass is 10.0. The van der Waals surface area contributed by atoms with Crippen molar-refractivity contribution in [3.8, 4) is 0 Å². The predicted octanol–water partition coefficient (Wildman–Crippen LogP) is 2.53. The third kappa shape index (κ3) is 2.90. The Hall–Kier alpha value is -0.910. The van der Waals surface area contributed by atoms with Gasteiger partial charge in [-0.3, -0.25) is 4.79 Å². The van der Waals surface area contributed by atoms with Crippen LogP contribution in [0, 0.1) is 0 Å². The lowest BCUT2D eigenvalue weighted by Gasteiger charge is -2.30. The number of halogens is 1. The number of hydrogen-bond donors (Lipinski definition) is 0. The molecule has 2 aliphatic rings. The van der Waals surface area contributed by atoms with Gasteiger partial charge in [0.1, 0.15) is 0 Å². The third-order valence-corrected chi connectivity index (χ3v) is 4.41. The molecule has 0 aliphatic carbocycles. The predicted molar refractivity (Wildman–Crippen MR) is 78.4 cm³/mol. The summed E-state index contributed by atoms with van der Waals surface area (Å²) in [6.45, 7) is 2.27. The van der Waals surface area contributed by atoms with Crippen LogP contribution in [0.2, 0.25) is 0 Å². The number of benzene rings is 1. The van der Waals surface area contributed by atoms with E-state index in [1.54, 1.807) is 0 Å². The van der Waals surface area contributed by atoms with Gasteiger partial charge in [-0.05, 0) is 30.5 Å². The van der Waals surface area contributed by atoms with Gasteiger partial charge in [0.05, 0.1) is 25.9 Å². The van der Waals surface area contributed by atoms with Crippen molar-refractivity contribution in [1.29, 1.82) is 0 Å². The smallest absolute Gasteiger partial charge is 0.254 e. The summed E-state index contributed by atoms with van der Waals surface area (Å²) >= 11 is 3.44. The number of amides is 1. The summed E-state index contributed by atoms with van der Waals surface area (Å²) in [5.74, 6) is 0.0649. The Morgan fingerprint density at radius 1 is 1.25 bits per heavy atom. The lowest BCUT2D eigenvalue weighted by Crippen LogP contribution is -2.45. The molecular weight excluding hydrogens is 322 g/mol. The summed E-state index contributed by atoms with van der Waals surface area (Å²) in [6, 6.07) is 8.38. The molecule has 5 heteroatoms. The van der Waals surface area contributed by atoms with Crippen LogP contribution in [0.1, 0.15) is 24.4 Å². The zero-order valence-electron chi connectivity index (χ0n) is 11.3. The highest BCUT2D eigenvalue weighted by Crippen LogP contribution is 2.33. The zero-order chi connectivity index (χ0) is 13.9. The fourth-order valence-corrected chi connectivity index (χ4v) is 3.14. The average molecular weight is 340 g/mol. The van der Waals surface area contributed by atoms with Gasteiger partial charge in [-0.25, -0.2) is 0 Å². The second-order valence-corrected chi connectivity index (χ2v) is 6.09. The van der Waals surface area contributed by atoms with Crippen molar-refractivity contribution in [2.75, 3.05) is 26.4 Å². The quantitative estimate of drug-likeness (QED) is 0.831. The van der Waals surface area contributed by atoms with Crippen LogP contribution in [0.5, 0.6) is 0 Å². The van der Waals surface area contributed by atoms with Gasteiger partial charge in [0.2, 0.25) is 0 Å². The van der Waals surface area contributed by atoms with Crippen molar-refractivity contribution in [3.05, 3.63) is 34.3 Å². The first-order valence-corrected chi connectivity index (χ1v) is 7.80. The van der Waals surface area contributed by atoms with Crippen molar-refractivity contribution in [2.45, 2.75) is 25.0 Å². The van der Waals surface area contributed by atoms with Crippen molar-refractivity contribution < 1.29 is 14.3 Å². The third-order valence-electron chi connectivity index (χ3n) is 3.88. The lowest BCUT2D eigenvalue weighted by molar-refractivity contribution is -0.158. The maximum absolute atomic E-state index is 12.6. The van der Waals surface area contributed by atoms with Crippen LogP contribution in [0.4, 0.5) is 0 Å². The SMILES string of the molecule is O=C([C@H]1COCCO1)N1CCC[C@H]1c1ccc(Br)cc1. The van der Waals surface area contributed by atoms with Crippen molar-refractivity contribution >= 4 is 21.8 Å². The van der Waals surface area contributed by atoms with Crippen LogP contribution < -0.4 is 0 Å². The molecule has 2 atom stereocenters. The van der Waals surface area contributed by atoms with Crippen LogP contribution in [-0.4, -0.2) is 43.3 Å². The summed E-state index contributed by atoms with van der Waals surface area (Å²) in [5, 5.41) is 0. The number of likely N-dealkylation sites (tertiary alicyclic amines) is 1. The van der Waals surface area contributed by atoms with E-state index < -0.39 is 6.10 Å². The topological polar surface area (TPSA) is 38.8 Å². The summed E-state index contributed by atoms with van der Waals surface area (Å²) in [6.07, 6.45) is 1.63. The van der Waals surface area contributed by atoms with Gasteiger partial charge in [-0.15, -0.1) is 0 Å². The molecule has 20 heavy (non-hydrogen) atoms. The van der Waals surface area contributed by atoms with E-state index in [0.29, 0.717) is 19.8 Å². The molecule has 1 aromatic rings. The molecule has 2 heterocycles. The van der Waals surface area contributed by atoms with Crippen LogP contribution in [0.15, 0.2) is 28.7 Å². The Bertz CT molecular complexity index is 471. The van der Waals surface area contributed by atoms with E-state index in [2.05, 4.69) is 28.1 Å². The number of nitrogens with zero attached hydrogens (tertiary/aromatic N) is 1. The van der Waals surface area contributed by atoms with Crippen LogP contribution in [-0.2, 0) is 14.3 Å². The fourth-order valence-electron chi connectivity index (χ4n) is 2.88. The first kappa shape index (κ1) is 14.0. The first-order chi connectivity index (χ1) is 9.75. The highest BCUT2D eigenvalue weighted by molar-refractivity contribution is 9.10. The molecule has 4 nitrogen and oxygen atoms in total. The van der Waals surface area contributed by atoms with Crippen molar-refractivity contribution in [1.82, 2.24) is 4.90 Å². The second kappa shape index (κ2) is 6.24. The van der Waals surface area contributed by atoms with Crippen LogP contribution >= 0.6 is 15.9 Å². The molecule has 2 fully saturated rings. The number of carbonyl (C=O) groups excluding carboxylic acids is 1. The van der Waals surface area contributed by atoms with Gasteiger partial charge in [-0.2, -0.15) is 0 Å². The summed E-state index contributed by atoms with van der Waals surface area (Å²) < 4.78 is 11.9. The minimum atomic E-state index is -0.431. The molecule has 108 valence electrons. The molecule has 0 saturated carbocycles. The molecule has 0 bridgehead atoms. The summed E-state index contributed by atoms with van der Waals surface area (Å²) in [5.41, 5.74) is 1.19. The Labute approximate surface area is 127 Å². The standard InChI is InChI=1S/C15H18BrNO3/c16-12-5-3-11(4-6-12)13-2-1-7-17(13)15(18)14-10-19-8-9-20-14/h3-6,13-14H,1-2,7-10H2/t13-,14+/m0/s1. The number of ether oxygens (including phenoxy) is 2. The van der Waals surface area contributed by atoms with Crippen LogP contribution in [0.3, 0.4) is 0 Å². The number of carbonyl (C=O) groups is 1. The van der Waals surface area contributed by atoms with E-state index in [9.17, 15) is 4.79 Å². The molecule has 3 rings (SSSR count). The molecule has 2 aliphatic heterocycles. The van der Waals surface area contributed by atoms with E-state index in [-0.39, 0.29) is 11.9 Å². The molecule has 1 aromatic carbocycles. The summed E-state index contributed by atoms with van der Waals surface area (Å²) in [4.78, 5) is 14.5. The van der Waals surface area contributed by atoms with Gasteiger partial charge >= 0.3 is 0 Å². The van der Waals surface area contributed by atoms with Gasteiger partial charge in [0, 0.05) is 11.0 Å². The van der Waals surface area contributed by atoms with Crippen molar-refractivity contribution in [3.63, 3.8) is 0 Å². The normalized spacial score (nSPS) is 26.8. The van der Waals surface area contributed by atoms with Gasteiger partial charge < -0.3 is 14.4 Å². The van der Waals surface area contributed by atoms with Gasteiger partial charge in [0.15, 0.2) is 6.10 Å². The highest BCUT2D eigenvalue weighted by Gasteiger charge is 2.35.